The highest BCUT2D eigenvalue weighted by Gasteiger charge is 2.19. The lowest BCUT2D eigenvalue weighted by atomic mass is 9.84. The Morgan fingerprint density at radius 1 is 1.22 bits per heavy atom. The fraction of sp³-hybridized carbons (Fsp3) is 0.933. The molecule has 0 radical (unpaired) electrons. The predicted octanol–water partition coefficient (Wildman–Crippen LogP) is 2.93. The third-order valence-corrected chi connectivity index (χ3v) is 4.18. The Morgan fingerprint density at radius 2 is 1.89 bits per heavy atom. The van der Waals surface area contributed by atoms with E-state index in [1.165, 1.54) is 25.7 Å². The van der Waals surface area contributed by atoms with Gasteiger partial charge in [-0.15, -0.1) is 0 Å². The summed E-state index contributed by atoms with van der Waals surface area (Å²) < 4.78 is 0. The maximum Gasteiger partial charge on any atom is 0.222 e. The molecule has 0 aromatic rings. The van der Waals surface area contributed by atoms with Crippen LogP contribution in [0.5, 0.6) is 0 Å². The van der Waals surface area contributed by atoms with Crippen LogP contribution in [0.3, 0.4) is 0 Å². The van der Waals surface area contributed by atoms with Gasteiger partial charge in [0.25, 0.3) is 0 Å². The molecule has 1 aliphatic carbocycles. The van der Waals surface area contributed by atoms with Gasteiger partial charge in [0.05, 0.1) is 0 Å². The maximum absolute atomic E-state index is 11.9. The molecule has 106 valence electrons. The number of carbonyl (C=O) groups is 1. The number of amides is 1. The number of unbranched alkanes of at least 4 members (excludes halogenated alkanes) is 2. The first-order chi connectivity index (χ1) is 8.63. The second-order valence-electron chi connectivity index (χ2n) is 5.84. The average Bonchev–Trinajstić information content (AvgIpc) is 2.38. The van der Waals surface area contributed by atoms with E-state index in [2.05, 4.69) is 6.92 Å². The minimum Gasteiger partial charge on any atom is -0.346 e. The normalized spacial score (nSPS) is 23.9. The Balaban J connectivity index is 2.12. The van der Waals surface area contributed by atoms with Crippen molar-refractivity contribution in [2.45, 2.75) is 70.8 Å². The second-order valence-corrected chi connectivity index (χ2v) is 5.84. The van der Waals surface area contributed by atoms with Gasteiger partial charge >= 0.3 is 0 Å². The molecule has 1 amide bonds. The van der Waals surface area contributed by atoms with Crippen molar-refractivity contribution in [3.63, 3.8) is 0 Å². The minimum atomic E-state index is 0.320. The van der Waals surface area contributed by atoms with Crippen LogP contribution in [0, 0.1) is 5.92 Å². The van der Waals surface area contributed by atoms with Gasteiger partial charge in [-0.1, -0.05) is 19.8 Å². The van der Waals surface area contributed by atoms with Crippen molar-refractivity contribution >= 4 is 5.91 Å². The van der Waals surface area contributed by atoms with E-state index in [1.807, 2.05) is 11.9 Å². The Morgan fingerprint density at radius 3 is 2.50 bits per heavy atom. The first kappa shape index (κ1) is 15.5. The third-order valence-electron chi connectivity index (χ3n) is 4.18. The summed E-state index contributed by atoms with van der Waals surface area (Å²) in [6, 6.07) is 0.411. The van der Waals surface area contributed by atoms with Crippen LogP contribution in [0.15, 0.2) is 0 Å². The van der Waals surface area contributed by atoms with E-state index in [0.717, 1.165) is 44.6 Å². The van der Waals surface area contributed by atoms with Gasteiger partial charge in [0.1, 0.15) is 0 Å². The van der Waals surface area contributed by atoms with Gasteiger partial charge in [-0.2, -0.15) is 0 Å². The highest BCUT2D eigenvalue weighted by Crippen LogP contribution is 2.27. The molecule has 2 N–H and O–H groups in total. The number of rotatable bonds is 7. The minimum absolute atomic E-state index is 0.320. The van der Waals surface area contributed by atoms with Crippen LogP contribution in [-0.2, 0) is 4.79 Å². The van der Waals surface area contributed by atoms with Gasteiger partial charge in [0, 0.05) is 26.1 Å². The average molecular weight is 254 g/mol. The zero-order chi connectivity index (χ0) is 13.4. The van der Waals surface area contributed by atoms with Crippen LogP contribution in [-0.4, -0.2) is 30.4 Å². The number of hydrogen-bond acceptors (Lipinski definition) is 2. The van der Waals surface area contributed by atoms with Crippen LogP contribution in [0.1, 0.15) is 64.7 Å². The molecule has 1 aliphatic rings. The first-order valence-electron chi connectivity index (χ1n) is 7.63. The highest BCUT2D eigenvalue weighted by molar-refractivity contribution is 5.75. The summed E-state index contributed by atoms with van der Waals surface area (Å²) in [6.45, 7) is 3.11. The molecule has 1 saturated carbocycles. The fourth-order valence-electron chi connectivity index (χ4n) is 2.72. The first-order valence-corrected chi connectivity index (χ1v) is 7.63. The van der Waals surface area contributed by atoms with Gasteiger partial charge < -0.3 is 10.6 Å². The van der Waals surface area contributed by atoms with Crippen LogP contribution in [0.4, 0.5) is 0 Å². The molecule has 3 nitrogen and oxygen atoms in total. The van der Waals surface area contributed by atoms with E-state index in [9.17, 15) is 4.79 Å². The zero-order valence-electron chi connectivity index (χ0n) is 12.2. The Bertz CT molecular complexity index is 235. The number of nitrogens with zero attached hydrogens (tertiary/aromatic N) is 1. The van der Waals surface area contributed by atoms with Crippen molar-refractivity contribution in [2.75, 3.05) is 13.6 Å². The van der Waals surface area contributed by atoms with Crippen molar-refractivity contribution in [1.29, 1.82) is 0 Å². The predicted molar refractivity (Wildman–Crippen MR) is 76.3 cm³/mol. The molecule has 0 aliphatic heterocycles. The lowest BCUT2D eigenvalue weighted by Crippen LogP contribution is -2.29. The summed E-state index contributed by atoms with van der Waals surface area (Å²) in [4.78, 5) is 13.9. The lowest BCUT2D eigenvalue weighted by Gasteiger charge is -2.26. The van der Waals surface area contributed by atoms with Crippen LogP contribution in [0.2, 0.25) is 0 Å². The second kappa shape index (κ2) is 8.52. The largest absolute Gasteiger partial charge is 0.346 e. The summed E-state index contributed by atoms with van der Waals surface area (Å²) >= 11 is 0. The SMILES string of the molecule is CCCCCN(C)C(=O)CCC1CCC(N)CC1. The van der Waals surface area contributed by atoms with Crippen LogP contribution in [0.25, 0.3) is 0 Å². The van der Waals surface area contributed by atoms with Crippen molar-refractivity contribution in [2.24, 2.45) is 11.7 Å². The molecule has 1 fully saturated rings. The molecule has 0 aromatic heterocycles. The monoisotopic (exact) mass is 254 g/mol. The smallest absolute Gasteiger partial charge is 0.222 e. The molecule has 18 heavy (non-hydrogen) atoms. The van der Waals surface area contributed by atoms with E-state index in [0.29, 0.717) is 11.9 Å². The molecule has 0 spiro atoms. The molecular formula is C15H30N2O. The Labute approximate surface area is 112 Å². The van der Waals surface area contributed by atoms with E-state index in [1.54, 1.807) is 0 Å². The fourth-order valence-corrected chi connectivity index (χ4v) is 2.72. The van der Waals surface area contributed by atoms with E-state index < -0.39 is 0 Å². The number of hydrogen-bond donors (Lipinski definition) is 1. The number of carbonyl (C=O) groups excluding carboxylic acids is 1. The van der Waals surface area contributed by atoms with E-state index in [4.69, 9.17) is 5.73 Å². The van der Waals surface area contributed by atoms with Gasteiger partial charge in [-0.05, 0) is 44.4 Å². The topological polar surface area (TPSA) is 46.3 Å². The summed E-state index contributed by atoms with van der Waals surface area (Å²) in [6.07, 6.45) is 10.1. The molecule has 0 unspecified atom stereocenters. The van der Waals surface area contributed by atoms with E-state index in [-0.39, 0.29) is 0 Å². The van der Waals surface area contributed by atoms with Crippen LogP contribution >= 0.6 is 0 Å². The number of nitrogens with two attached hydrogens (primary N) is 1. The molecule has 0 atom stereocenters. The summed E-state index contributed by atoms with van der Waals surface area (Å²) in [5.41, 5.74) is 5.89. The quantitative estimate of drug-likeness (QED) is 0.710. The zero-order valence-corrected chi connectivity index (χ0v) is 12.2. The third kappa shape index (κ3) is 5.85. The summed E-state index contributed by atoms with van der Waals surface area (Å²) in [5, 5.41) is 0. The lowest BCUT2D eigenvalue weighted by molar-refractivity contribution is -0.130. The molecule has 0 bridgehead atoms. The van der Waals surface area contributed by atoms with E-state index >= 15 is 0 Å². The van der Waals surface area contributed by atoms with Gasteiger partial charge in [0.15, 0.2) is 0 Å². The standard InChI is InChI=1S/C15H30N2O/c1-3-4-5-12-17(2)15(18)11-8-13-6-9-14(16)10-7-13/h13-14H,3-12,16H2,1-2H3. The molecule has 0 aromatic carbocycles. The molecule has 1 rings (SSSR count). The van der Waals surface area contributed by atoms with Crippen LogP contribution < -0.4 is 5.73 Å². The van der Waals surface area contributed by atoms with Crippen molar-refractivity contribution in [3.8, 4) is 0 Å². The highest BCUT2D eigenvalue weighted by atomic mass is 16.2. The van der Waals surface area contributed by atoms with Gasteiger partial charge in [0.2, 0.25) is 5.91 Å². The van der Waals surface area contributed by atoms with Crippen molar-refractivity contribution in [3.05, 3.63) is 0 Å². The molecular weight excluding hydrogens is 224 g/mol. The van der Waals surface area contributed by atoms with Gasteiger partial charge in [-0.3, -0.25) is 4.79 Å². The Kier molecular flexibility index (Phi) is 7.33. The van der Waals surface area contributed by atoms with Gasteiger partial charge in [-0.25, -0.2) is 0 Å². The van der Waals surface area contributed by atoms with Crippen molar-refractivity contribution in [1.82, 2.24) is 4.90 Å². The molecule has 0 saturated heterocycles. The molecule has 3 heteroatoms. The van der Waals surface area contributed by atoms with Crippen molar-refractivity contribution < 1.29 is 4.79 Å². The Hall–Kier alpha value is -0.570. The maximum atomic E-state index is 11.9. The molecule has 0 heterocycles. The summed E-state index contributed by atoms with van der Waals surface area (Å²) in [7, 11) is 1.94. The summed E-state index contributed by atoms with van der Waals surface area (Å²) in [5.74, 6) is 1.05.